The van der Waals surface area contributed by atoms with Crippen LogP contribution in [0.15, 0.2) is 22.7 Å². The summed E-state index contributed by atoms with van der Waals surface area (Å²) in [6.45, 7) is 0.361. The zero-order valence-corrected chi connectivity index (χ0v) is 11.2. The zero-order chi connectivity index (χ0) is 12.3. The van der Waals surface area contributed by atoms with Crippen molar-refractivity contribution in [3.8, 4) is 5.75 Å². The van der Waals surface area contributed by atoms with E-state index in [-0.39, 0.29) is 5.91 Å². The number of halogens is 1. The van der Waals surface area contributed by atoms with E-state index in [2.05, 4.69) is 26.6 Å². The fourth-order valence-corrected chi connectivity index (χ4v) is 1.95. The number of carbonyl (C=O) groups excluding carboxylic acids is 1. The Hall–Kier alpha value is -1.07. The van der Waals surface area contributed by atoms with Gasteiger partial charge in [0.2, 0.25) is 5.91 Å². The van der Waals surface area contributed by atoms with Gasteiger partial charge in [0.05, 0.1) is 13.7 Å². The van der Waals surface area contributed by atoms with Crippen LogP contribution in [0.1, 0.15) is 12.8 Å². The standard InChI is InChI=1S/C12H15BrN2O2/c1-17-11-5-8(13)4-10(6-11)15-12(16)7-14-9-2-3-9/h4-6,9,14H,2-3,7H2,1H3,(H,15,16). The SMILES string of the molecule is COc1cc(Br)cc(NC(=O)CNC2CC2)c1. The van der Waals surface area contributed by atoms with Crippen LogP contribution in [0, 0.1) is 0 Å². The van der Waals surface area contributed by atoms with E-state index in [1.807, 2.05) is 12.1 Å². The molecule has 0 atom stereocenters. The number of rotatable bonds is 5. The highest BCUT2D eigenvalue weighted by molar-refractivity contribution is 9.10. The summed E-state index contributed by atoms with van der Waals surface area (Å²) in [5.74, 6) is 0.682. The maximum Gasteiger partial charge on any atom is 0.238 e. The Morgan fingerprint density at radius 3 is 2.88 bits per heavy atom. The van der Waals surface area contributed by atoms with Gasteiger partial charge in [-0.15, -0.1) is 0 Å². The van der Waals surface area contributed by atoms with E-state index in [0.29, 0.717) is 18.3 Å². The number of benzene rings is 1. The number of anilines is 1. The quantitative estimate of drug-likeness (QED) is 0.876. The molecule has 0 saturated heterocycles. The van der Waals surface area contributed by atoms with Gasteiger partial charge in [-0.05, 0) is 25.0 Å². The first kappa shape index (κ1) is 12.4. The van der Waals surface area contributed by atoms with Crippen LogP contribution >= 0.6 is 15.9 Å². The van der Waals surface area contributed by atoms with Crippen molar-refractivity contribution in [2.24, 2.45) is 0 Å². The number of hydrogen-bond acceptors (Lipinski definition) is 3. The summed E-state index contributed by atoms with van der Waals surface area (Å²) in [6.07, 6.45) is 2.36. The van der Waals surface area contributed by atoms with Crippen molar-refractivity contribution in [3.63, 3.8) is 0 Å². The molecule has 1 saturated carbocycles. The number of ether oxygens (including phenoxy) is 1. The molecule has 17 heavy (non-hydrogen) atoms. The molecule has 0 unspecified atom stereocenters. The summed E-state index contributed by atoms with van der Waals surface area (Å²) in [4.78, 5) is 11.6. The lowest BCUT2D eigenvalue weighted by molar-refractivity contribution is -0.115. The first-order chi connectivity index (χ1) is 8.17. The molecule has 1 aromatic carbocycles. The zero-order valence-electron chi connectivity index (χ0n) is 9.63. The van der Waals surface area contributed by atoms with E-state index in [4.69, 9.17) is 4.74 Å². The second-order valence-corrected chi connectivity index (χ2v) is 5.00. The van der Waals surface area contributed by atoms with E-state index in [1.165, 1.54) is 12.8 Å². The highest BCUT2D eigenvalue weighted by Crippen LogP contribution is 2.24. The normalized spacial score (nSPS) is 14.5. The number of nitrogens with one attached hydrogen (secondary N) is 2. The maximum absolute atomic E-state index is 11.6. The third-order valence-electron chi connectivity index (χ3n) is 2.52. The Labute approximate surface area is 109 Å². The molecule has 1 amide bonds. The predicted molar refractivity (Wildman–Crippen MR) is 70.3 cm³/mol. The lowest BCUT2D eigenvalue weighted by Gasteiger charge is -2.08. The van der Waals surface area contributed by atoms with Gasteiger partial charge < -0.3 is 15.4 Å². The third kappa shape index (κ3) is 4.02. The van der Waals surface area contributed by atoms with Crippen LogP contribution in [0.25, 0.3) is 0 Å². The van der Waals surface area contributed by atoms with E-state index >= 15 is 0 Å². The molecule has 0 spiro atoms. The van der Waals surface area contributed by atoms with Gasteiger partial charge in [0, 0.05) is 22.3 Å². The average Bonchev–Trinajstić information content (AvgIpc) is 3.09. The van der Waals surface area contributed by atoms with E-state index < -0.39 is 0 Å². The molecule has 2 N–H and O–H groups in total. The van der Waals surface area contributed by atoms with Gasteiger partial charge in [-0.25, -0.2) is 0 Å². The van der Waals surface area contributed by atoms with Crippen LogP contribution in [0.5, 0.6) is 5.75 Å². The second-order valence-electron chi connectivity index (χ2n) is 4.08. The average molecular weight is 299 g/mol. The number of carbonyl (C=O) groups is 1. The van der Waals surface area contributed by atoms with Crippen LogP contribution in [-0.2, 0) is 4.79 Å². The first-order valence-corrected chi connectivity index (χ1v) is 6.34. The minimum absolute atomic E-state index is 0.0305. The van der Waals surface area contributed by atoms with Gasteiger partial charge in [-0.3, -0.25) is 4.79 Å². The van der Waals surface area contributed by atoms with Crippen molar-refractivity contribution < 1.29 is 9.53 Å². The minimum Gasteiger partial charge on any atom is -0.497 e. The lowest BCUT2D eigenvalue weighted by atomic mass is 10.3. The lowest BCUT2D eigenvalue weighted by Crippen LogP contribution is -2.29. The summed E-state index contributed by atoms with van der Waals surface area (Å²) >= 11 is 3.37. The number of amides is 1. The van der Waals surface area contributed by atoms with E-state index in [9.17, 15) is 4.79 Å². The summed E-state index contributed by atoms with van der Waals surface area (Å²) in [5.41, 5.74) is 0.735. The summed E-state index contributed by atoms with van der Waals surface area (Å²) in [5, 5.41) is 5.99. The highest BCUT2D eigenvalue weighted by atomic mass is 79.9. The molecular weight excluding hydrogens is 284 g/mol. The predicted octanol–water partition coefficient (Wildman–Crippen LogP) is 2.15. The molecule has 0 heterocycles. The monoisotopic (exact) mass is 298 g/mol. The smallest absolute Gasteiger partial charge is 0.238 e. The topological polar surface area (TPSA) is 50.4 Å². The van der Waals surface area contributed by atoms with Crippen LogP contribution in [0.3, 0.4) is 0 Å². The Balaban J connectivity index is 1.91. The molecule has 92 valence electrons. The third-order valence-corrected chi connectivity index (χ3v) is 2.98. The molecular formula is C12H15BrN2O2. The highest BCUT2D eigenvalue weighted by Gasteiger charge is 2.21. The van der Waals surface area contributed by atoms with Gasteiger partial charge in [-0.2, -0.15) is 0 Å². The van der Waals surface area contributed by atoms with Crippen molar-refractivity contribution in [2.75, 3.05) is 19.0 Å². The molecule has 1 fully saturated rings. The maximum atomic E-state index is 11.6. The molecule has 0 bridgehead atoms. The second kappa shape index (κ2) is 5.51. The van der Waals surface area contributed by atoms with Crippen LogP contribution in [0.4, 0.5) is 5.69 Å². The Morgan fingerprint density at radius 1 is 1.47 bits per heavy atom. The molecule has 4 nitrogen and oxygen atoms in total. The van der Waals surface area contributed by atoms with Gasteiger partial charge in [0.15, 0.2) is 0 Å². The largest absolute Gasteiger partial charge is 0.497 e. The molecule has 0 radical (unpaired) electrons. The number of methoxy groups -OCH3 is 1. The molecule has 1 aliphatic carbocycles. The van der Waals surface area contributed by atoms with Gasteiger partial charge in [-0.1, -0.05) is 15.9 Å². The summed E-state index contributed by atoms with van der Waals surface area (Å²) in [6, 6.07) is 6.02. The van der Waals surface area contributed by atoms with Crippen LogP contribution < -0.4 is 15.4 Å². The Bertz CT molecular complexity index is 419. The fourth-order valence-electron chi connectivity index (χ4n) is 1.48. The van der Waals surface area contributed by atoms with Gasteiger partial charge in [0.1, 0.15) is 5.75 Å². The van der Waals surface area contributed by atoms with Gasteiger partial charge >= 0.3 is 0 Å². The minimum atomic E-state index is -0.0305. The van der Waals surface area contributed by atoms with Crippen molar-refractivity contribution in [1.29, 1.82) is 0 Å². The first-order valence-electron chi connectivity index (χ1n) is 5.55. The summed E-state index contributed by atoms with van der Waals surface area (Å²) < 4.78 is 6.01. The molecule has 0 aromatic heterocycles. The van der Waals surface area contributed by atoms with Crippen molar-refractivity contribution in [3.05, 3.63) is 22.7 Å². The fraction of sp³-hybridized carbons (Fsp3) is 0.417. The van der Waals surface area contributed by atoms with Crippen LogP contribution in [-0.4, -0.2) is 25.6 Å². The number of hydrogen-bond donors (Lipinski definition) is 2. The Morgan fingerprint density at radius 2 is 2.24 bits per heavy atom. The van der Waals surface area contributed by atoms with Crippen molar-refractivity contribution in [1.82, 2.24) is 5.32 Å². The summed E-state index contributed by atoms with van der Waals surface area (Å²) in [7, 11) is 1.60. The van der Waals surface area contributed by atoms with Crippen molar-refractivity contribution >= 4 is 27.5 Å². The van der Waals surface area contributed by atoms with Gasteiger partial charge in [0.25, 0.3) is 0 Å². The van der Waals surface area contributed by atoms with E-state index in [1.54, 1.807) is 13.2 Å². The molecule has 1 aliphatic rings. The van der Waals surface area contributed by atoms with E-state index in [0.717, 1.165) is 10.2 Å². The molecule has 2 rings (SSSR count). The molecule has 0 aliphatic heterocycles. The van der Waals surface area contributed by atoms with Crippen molar-refractivity contribution in [2.45, 2.75) is 18.9 Å². The molecule has 1 aromatic rings. The molecule has 5 heteroatoms. The Kier molecular flexibility index (Phi) is 4.02. The van der Waals surface area contributed by atoms with Crippen LogP contribution in [0.2, 0.25) is 0 Å².